The molecule has 0 radical (unpaired) electrons. The van der Waals surface area contributed by atoms with Gasteiger partial charge in [-0.05, 0) is 30.9 Å². The van der Waals surface area contributed by atoms with Crippen LogP contribution in [-0.2, 0) is 11.3 Å². The Balaban J connectivity index is 2.08. The molecule has 1 aromatic rings. The van der Waals surface area contributed by atoms with Crippen molar-refractivity contribution in [2.45, 2.75) is 31.3 Å². The van der Waals surface area contributed by atoms with Crippen molar-refractivity contribution in [2.24, 2.45) is 0 Å². The van der Waals surface area contributed by atoms with Gasteiger partial charge in [0.05, 0.1) is 4.92 Å². The normalized spacial score (nSPS) is 16.7. The van der Waals surface area contributed by atoms with Crippen LogP contribution in [0.25, 0.3) is 0 Å². The van der Waals surface area contributed by atoms with E-state index < -0.39 is 16.4 Å². The largest absolute Gasteiger partial charge is 0.480 e. The van der Waals surface area contributed by atoms with Crippen molar-refractivity contribution in [3.05, 3.63) is 38.3 Å². The van der Waals surface area contributed by atoms with E-state index in [1.807, 2.05) is 0 Å². The average molecular weight is 329 g/mol. The first-order valence-electron chi connectivity index (χ1n) is 5.86. The zero-order valence-corrected chi connectivity index (χ0v) is 11.6. The van der Waals surface area contributed by atoms with Gasteiger partial charge in [-0.15, -0.1) is 0 Å². The Morgan fingerprint density at radius 3 is 2.63 bits per heavy atom. The number of hydrogen-bond donors (Lipinski definition) is 2. The van der Waals surface area contributed by atoms with Gasteiger partial charge in [-0.25, -0.2) is 0 Å². The van der Waals surface area contributed by atoms with Gasteiger partial charge >= 0.3 is 5.97 Å². The van der Waals surface area contributed by atoms with Crippen LogP contribution in [0.1, 0.15) is 24.8 Å². The van der Waals surface area contributed by atoms with E-state index in [0.29, 0.717) is 23.9 Å². The fraction of sp³-hybridized carbons (Fsp3) is 0.417. The number of carboxylic acid groups (broad SMARTS) is 1. The van der Waals surface area contributed by atoms with Gasteiger partial charge in [0.1, 0.15) is 5.54 Å². The number of nitrogens with one attached hydrogen (secondary N) is 1. The van der Waals surface area contributed by atoms with E-state index in [-0.39, 0.29) is 5.69 Å². The van der Waals surface area contributed by atoms with Gasteiger partial charge in [-0.3, -0.25) is 20.2 Å². The van der Waals surface area contributed by atoms with Crippen molar-refractivity contribution in [3.8, 4) is 0 Å². The van der Waals surface area contributed by atoms with Crippen LogP contribution in [0.2, 0.25) is 0 Å². The van der Waals surface area contributed by atoms with Crippen LogP contribution < -0.4 is 5.32 Å². The van der Waals surface area contributed by atoms with Gasteiger partial charge in [-0.1, -0.05) is 15.9 Å². The van der Waals surface area contributed by atoms with E-state index in [1.165, 1.54) is 12.1 Å². The van der Waals surface area contributed by atoms with Crippen molar-refractivity contribution in [3.63, 3.8) is 0 Å². The van der Waals surface area contributed by atoms with Gasteiger partial charge in [0, 0.05) is 23.2 Å². The molecule has 19 heavy (non-hydrogen) atoms. The van der Waals surface area contributed by atoms with Gasteiger partial charge in [0.25, 0.3) is 5.69 Å². The fourth-order valence-corrected chi connectivity index (χ4v) is 2.56. The van der Waals surface area contributed by atoms with Crippen LogP contribution in [0.5, 0.6) is 0 Å². The standard InChI is InChI=1S/C12H13BrN2O4/c13-10-6-9(15(18)19)3-2-8(10)7-14-12(11(16)17)4-1-5-12/h2-3,6,14H,1,4-5,7H2,(H,16,17). The minimum absolute atomic E-state index is 0.00668. The Labute approximate surface area is 118 Å². The molecule has 2 rings (SSSR count). The first kappa shape index (κ1) is 14.0. The second kappa shape index (κ2) is 5.26. The second-order valence-corrected chi connectivity index (χ2v) is 5.48. The predicted molar refractivity (Wildman–Crippen MR) is 71.9 cm³/mol. The van der Waals surface area contributed by atoms with Gasteiger partial charge < -0.3 is 5.11 Å². The number of carboxylic acids is 1. The molecule has 1 aliphatic rings. The number of benzene rings is 1. The highest BCUT2D eigenvalue weighted by Crippen LogP contribution is 2.33. The lowest BCUT2D eigenvalue weighted by atomic mass is 9.76. The van der Waals surface area contributed by atoms with Crippen LogP contribution >= 0.6 is 15.9 Å². The van der Waals surface area contributed by atoms with Crippen molar-refractivity contribution >= 4 is 27.6 Å². The van der Waals surface area contributed by atoms with Gasteiger partial charge in [0.2, 0.25) is 0 Å². The SMILES string of the molecule is O=C(O)C1(NCc2ccc([N+](=O)[O-])cc2Br)CCC1. The van der Waals surface area contributed by atoms with E-state index in [0.717, 1.165) is 12.0 Å². The number of rotatable bonds is 5. The van der Waals surface area contributed by atoms with E-state index in [9.17, 15) is 20.0 Å². The lowest BCUT2D eigenvalue weighted by Gasteiger charge is -2.38. The Morgan fingerprint density at radius 2 is 2.21 bits per heavy atom. The van der Waals surface area contributed by atoms with Gasteiger partial charge in [-0.2, -0.15) is 0 Å². The lowest BCUT2D eigenvalue weighted by molar-refractivity contribution is -0.384. The van der Waals surface area contributed by atoms with E-state index >= 15 is 0 Å². The highest BCUT2D eigenvalue weighted by atomic mass is 79.9. The summed E-state index contributed by atoms with van der Waals surface area (Å²) in [5.74, 6) is -0.836. The third-order valence-electron chi connectivity index (χ3n) is 3.48. The molecule has 0 spiro atoms. The van der Waals surface area contributed by atoms with E-state index in [2.05, 4.69) is 21.2 Å². The quantitative estimate of drug-likeness (QED) is 0.639. The molecule has 1 saturated carbocycles. The van der Waals surface area contributed by atoms with E-state index in [4.69, 9.17) is 0 Å². The Hall–Kier alpha value is -1.47. The molecule has 0 atom stereocenters. The number of halogens is 1. The summed E-state index contributed by atoms with van der Waals surface area (Å²) in [6.07, 6.45) is 2.14. The average Bonchev–Trinajstić information content (AvgIpc) is 2.28. The number of hydrogen-bond acceptors (Lipinski definition) is 4. The second-order valence-electron chi connectivity index (χ2n) is 4.63. The smallest absolute Gasteiger partial charge is 0.323 e. The molecule has 0 heterocycles. The summed E-state index contributed by atoms with van der Waals surface area (Å²) in [5, 5.41) is 22.8. The van der Waals surface area contributed by atoms with Crippen LogP contribution in [0.3, 0.4) is 0 Å². The molecule has 0 aliphatic heterocycles. The molecule has 6 nitrogen and oxygen atoms in total. The van der Waals surface area contributed by atoms with Crippen LogP contribution in [0.4, 0.5) is 5.69 Å². The molecule has 102 valence electrons. The Morgan fingerprint density at radius 1 is 1.53 bits per heavy atom. The monoisotopic (exact) mass is 328 g/mol. The van der Waals surface area contributed by atoms with Crippen molar-refractivity contribution in [2.75, 3.05) is 0 Å². The summed E-state index contributed by atoms with van der Waals surface area (Å²) < 4.78 is 0.606. The number of non-ortho nitro benzene ring substituents is 1. The molecule has 0 amide bonds. The number of aliphatic carboxylic acids is 1. The highest BCUT2D eigenvalue weighted by molar-refractivity contribution is 9.10. The third-order valence-corrected chi connectivity index (χ3v) is 4.22. The topological polar surface area (TPSA) is 92.5 Å². The zero-order valence-electron chi connectivity index (χ0n) is 10.1. The minimum atomic E-state index is -0.836. The summed E-state index contributed by atoms with van der Waals surface area (Å²) >= 11 is 3.27. The highest BCUT2D eigenvalue weighted by Gasteiger charge is 2.43. The molecule has 0 unspecified atom stereocenters. The molecule has 0 bridgehead atoms. The number of nitro groups is 1. The maximum absolute atomic E-state index is 11.2. The Kier molecular flexibility index (Phi) is 3.86. The van der Waals surface area contributed by atoms with Crippen molar-refractivity contribution < 1.29 is 14.8 Å². The first-order valence-corrected chi connectivity index (χ1v) is 6.65. The summed E-state index contributed by atoms with van der Waals surface area (Å²) in [5.41, 5.74) is -0.0216. The molecule has 2 N–H and O–H groups in total. The Bertz CT molecular complexity index is 528. The maximum Gasteiger partial charge on any atom is 0.323 e. The first-order chi connectivity index (χ1) is 8.94. The zero-order chi connectivity index (χ0) is 14.0. The number of nitro benzene ring substituents is 1. The molecule has 1 aromatic carbocycles. The van der Waals surface area contributed by atoms with Crippen molar-refractivity contribution in [1.29, 1.82) is 0 Å². The lowest BCUT2D eigenvalue weighted by Crippen LogP contribution is -2.56. The molecule has 7 heteroatoms. The van der Waals surface area contributed by atoms with Crippen LogP contribution in [0, 0.1) is 10.1 Å². The summed E-state index contributed by atoms with van der Waals surface area (Å²) in [6, 6.07) is 4.46. The maximum atomic E-state index is 11.2. The summed E-state index contributed by atoms with van der Waals surface area (Å²) in [7, 11) is 0. The van der Waals surface area contributed by atoms with Gasteiger partial charge in [0.15, 0.2) is 0 Å². The summed E-state index contributed by atoms with van der Waals surface area (Å²) in [6.45, 7) is 0.366. The van der Waals surface area contributed by atoms with Crippen LogP contribution in [-0.4, -0.2) is 21.5 Å². The minimum Gasteiger partial charge on any atom is -0.480 e. The van der Waals surface area contributed by atoms with E-state index in [1.54, 1.807) is 6.07 Å². The number of carbonyl (C=O) groups is 1. The molecule has 1 fully saturated rings. The third kappa shape index (κ3) is 2.76. The molecule has 0 aromatic heterocycles. The van der Waals surface area contributed by atoms with Crippen molar-refractivity contribution in [1.82, 2.24) is 5.32 Å². The molecule has 0 saturated heterocycles. The summed E-state index contributed by atoms with van der Waals surface area (Å²) in [4.78, 5) is 21.3. The molecular weight excluding hydrogens is 316 g/mol. The molecule has 1 aliphatic carbocycles. The molecular formula is C12H13BrN2O4. The van der Waals surface area contributed by atoms with Crippen LogP contribution in [0.15, 0.2) is 22.7 Å². The predicted octanol–water partition coefficient (Wildman–Crippen LogP) is 2.45. The number of nitrogens with zero attached hydrogens (tertiary/aromatic N) is 1. The fourth-order valence-electron chi connectivity index (χ4n) is 2.05.